The number of hydrogen-bond donors (Lipinski definition) is 2. The van der Waals surface area contributed by atoms with Crippen LogP contribution in [0.5, 0.6) is 0 Å². The molecule has 0 atom stereocenters. The molecule has 1 amide bonds. The zero-order valence-corrected chi connectivity index (χ0v) is 14.0. The Bertz CT molecular complexity index is 829. The monoisotopic (exact) mass is 351 g/mol. The van der Waals surface area contributed by atoms with Crippen LogP contribution in [0.1, 0.15) is 10.5 Å². The van der Waals surface area contributed by atoms with Crippen molar-refractivity contribution < 1.29 is 22.7 Å². The van der Waals surface area contributed by atoms with Crippen LogP contribution in [0.3, 0.4) is 0 Å². The quantitative estimate of drug-likeness (QED) is 0.757. The summed E-state index contributed by atoms with van der Waals surface area (Å²) in [5.74, 6) is -1.23. The third-order valence-electron chi connectivity index (χ3n) is 3.05. The Morgan fingerprint density at radius 3 is 2.58 bits per heavy atom. The molecule has 8 nitrogen and oxygen atoms in total. The second-order valence-electron chi connectivity index (χ2n) is 5.02. The van der Waals surface area contributed by atoms with Gasteiger partial charge in [-0.05, 0) is 30.3 Å². The van der Waals surface area contributed by atoms with Crippen LogP contribution in [0.2, 0.25) is 0 Å². The molecule has 0 aliphatic heterocycles. The van der Waals surface area contributed by atoms with Crippen LogP contribution >= 0.6 is 0 Å². The van der Waals surface area contributed by atoms with Crippen molar-refractivity contribution in [3.63, 3.8) is 0 Å². The van der Waals surface area contributed by atoms with Gasteiger partial charge in [-0.1, -0.05) is 6.07 Å². The van der Waals surface area contributed by atoms with Crippen LogP contribution in [-0.4, -0.2) is 50.3 Å². The predicted molar refractivity (Wildman–Crippen MR) is 87.0 cm³/mol. The number of H-pyrrole nitrogens is 1. The van der Waals surface area contributed by atoms with Gasteiger partial charge in [0.2, 0.25) is 10.0 Å². The first-order chi connectivity index (χ1) is 11.3. The number of nitrogens with zero attached hydrogens (tertiary/aromatic N) is 1. The number of hydrogen-bond acceptors (Lipinski definition) is 5. The highest BCUT2D eigenvalue weighted by Gasteiger charge is 2.18. The molecular formula is C15H17N3O5S. The van der Waals surface area contributed by atoms with Crippen molar-refractivity contribution in [2.75, 3.05) is 26.0 Å². The first-order valence-electron chi connectivity index (χ1n) is 6.93. The Morgan fingerprint density at radius 1 is 1.21 bits per heavy atom. The van der Waals surface area contributed by atoms with Crippen molar-refractivity contribution in [1.29, 1.82) is 0 Å². The second-order valence-corrected chi connectivity index (χ2v) is 7.18. The highest BCUT2D eigenvalue weighted by Crippen LogP contribution is 2.17. The lowest BCUT2D eigenvalue weighted by atomic mass is 10.3. The summed E-state index contributed by atoms with van der Waals surface area (Å²) in [4.78, 5) is 26.1. The van der Waals surface area contributed by atoms with Gasteiger partial charge in [0.25, 0.3) is 5.91 Å². The van der Waals surface area contributed by atoms with Crippen LogP contribution in [0.25, 0.3) is 0 Å². The number of carbonyl (C=O) groups is 2. The summed E-state index contributed by atoms with van der Waals surface area (Å²) in [6.07, 6.45) is 1.56. The summed E-state index contributed by atoms with van der Waals surface area (Å²) in [6, 6.07) is 8.97. The van der Waals surface area contributed by atoms with Gasteiger partial charge < -0.3 is 15.0 Å². The normalized spacial score (nSPS) is 11.3. The number of rotatable bonds is 6. The van der Waals surface area contributed by atoms with Gasteiger partial charge in [0.1, 0.15) is 5.69 Å². The molecule has 2 rings (SSSR count). The molecule has 0 aliphatic carbocycles. The molecule has 0 fully saturated rings. The summed E-state index contributed by atoms with van der Waals surface area (Å²) in [5.41, 5.74) is 0.528. The lowest BCUT2D eigenvalue weighted by Gasteiger charge is -2.12. The highest BCUT2D eigenvalue weighted by atomic mass is 32.2. The van der Waals surface area contributed by atoms with Gasteiger partial charge in [-0.25, -0.2) is 17.5 Å². The topological polar surface area (TPSA) is 109 Å². The van der Waals surface area contributed by atoms with Crippen LogP contribution < -0.4 is 5.32 Å². The molecule has 0 saturated carbocycles. The molecule has 0 saturated heterocycles. The molecule has 0 radical (unpaired) electrons. The Kier molecular flexibility index (Phi) is 5.37. The summed E-state index contributed by atoms with van der Waals surface area (Å²) >= 11 is 0. The van der Waals surface area contributed by atoms with E-state index < -0.39 is 28.5 Å². The third-order valence-corrected chi connectivity index (χ3v) is 4.86. The van der Waals surface area contributed by atoms with Gasteiger partial charge in [-0.2, -0.15) is 0 Å². The van der Waals surface area contributed by atoms with Gasteiger partial charge in [-0.15, -0.1) is 0 Å². The Hall–Kier alpha value is -2.65. The van der Waals surface area contributed by atoms with Gasteiger partial charge in [-0.3, -0.25) is 4.79 Å². The average Bonchev–Trinajstić information content (AvgIpc) is 3.07. The lowest BCUT2D eigenvalue weighted by molar-refractivity contribution is -0.119. The fraction of sp³-hybridized carbons (Fsp3) is 0.200. The number of ether oxygens (including phenoxy) is 1. The molecule has 9 heteroatoms. The molecule has 1 aromatic heterocycles. The van der Waals surface area contributed by atoms with Gasteiger partial charge >= 0.3 is 5.97 Å². The van der Waals surface area contributed by atoms with Crippen molar-refractivity contribution in [2.45, 2.75) is 4.90 Å². The third kappa shape index (κ3) is 4.21. The number of aromatic nitrogens is 1. The van der Waals surface area contributed by atoms with E-state index in [1.807, 2.05) is 0 Å². The van der Waals surface area contributed by atoms with E-state index in [1.54, 1.807) is 18.3 Å². The van der Waals surface area contributed by atoms with Crippen molar-refractivity contribution >= 4 is 27.6 Å². The van der Waals surface area contributed by atoms with E-state index in [4.69, 9.17) is 4.74 Å². The molecular weight excluding hydrogens is 334 g/mol. The minimum atomic E-state index is -3.60. The van der Waals surface area contributed by atoms with Crippen LogP contribution in [0.4, 0.5) is 5.69 Å². The average molecular weight is 351 g/mol. The number of esters is 1. The molecule has 0 bridgehead atoms. The molecule has 128 valence electrons. The van der Waals surface area contributed by atoms with E-state index in [0.29, 0.717) is 5.69 Å². The molecule has 2 aromatic rings. The molecule has 24 heavy (non-hydrogen) atoms. The number of nitrogens with one attached hydrogen (secondary N) is 2. The van der Waals surface area contributed by atoms with Crippen molar-refractivity contribution in [3.05, 3.63) is 48.3 Å². The lowest BCUT2D eigenvalue weighted by Crippen LogP contribution is -2.23. The standard InChI is InChI=1S/C15H17N3O5S/c1-18(2)24(21,22)12-6-3-5-11(9-12)17-14(19)10-23-15(20)13-7-4-8-16-13/h3-9,16H,10H2,1-2H3,(H,17,19). The fourth-order valence-corrected chi connectivity index (χ4v) is 2.76. The van der Waals surface area contributed by atoms with Crippen LogP contribution in [0.15, 0.2) is 47.5 Å². The van der Waals surface area contributed by atoms with Gasteiger partial charge in [0.05, 0.1) is 4.90 Å². The predicted octanol–water partition coefficient (Wildman–Crippen LogP) is 1.06. The Balaban J connectivity index is 1.98. The molecule has 0 unspecified atom stereocenters. The first-order valence-corrected chi connectivity index (χ1v) is 8.37. The number of carbonyl (C=O) groups excluding carboxylic acids is 2. The molecule has 1 aromatic carbocycles. The SMILES string of the molecule is CN(C)S(=O)(=O)c1cccc(NC(=O)COC(=O)c2ccc[nH]2)c1. The smallest absolute Gasteiger partial charge is 0.355 e. The number of aromatic amines is 1. The zero-order valence-electron chi connectivity index (χ0n) is 13.1. The zero-order chi connectivity index (χ0) is 17.7. The minimum Gasteiger partial charge on any atom is -0.451 e. The van der Waals surface area contributed by atoms with Crippen LogP contribution in [-0.2, 0) is 19.6 Å². The largest absolute Gasteiger partial charge is 0.451 e. The van der Waals surface area contributed by atoms with Crippen LogP contribution in [0, 0.1) is 0 Å². The number of benzene rings is 1. The van der Waals surface area contributed by atoms with E-state index in [0.717, 1.165) is 4.31 Å². The number of amides is 1. The summed E-state index contributed by atoms with van der Waals surface area (Å²) in [6.45, 7) is -0.484. The van der Waals surface area contributed by atoms with E-state index in [1.165, 1.54) is 38.4 Å². The van der Waals surface area contributed by atoms with Crippen molar-refractivity contribution in [2.24, 2.45) is 0 Å². The fourth-order valence-electron chi connectivity index (χ4n) is 1.81. The summed E-state index contributed by atoms with van der Waals surface area (Å²) in [7, 11) is -0.763. The number of anilines is 1. The van der Waals surface area contributed by atoms with E-state index in [-0.39, 0.29) is 10.6 Å². The molecule has 0 spiro atoms. The minimum absolute atomic E-state index is 0.0497. The maximum absolute atomic E-state index is 12.1. The van der Waals surface area contributed by atoms with Crippen molar-refractivity contribution in [3.8, 4) is 0 Å². The summed E-state index contributed by atoms with van der Waals surface area (Å²) in [5, 5.41) is 2.48. The first kappa shape index (κ1) is 17.7. The maximum Gasteiger partial charge on any atom is 0.355 e. The second kappa shape index (κ2) is 7.28. The summed E-state index contributed by atoms with van der Waals surface area (Å²) < 4.78 is 30.0. The molecule has 0 aliphatic rings. The van der Waals surface area contributed by atoms with E-state index in [9.17, 15) is 18.0 Å². The van der Waals surface area contributed by atoms with E-state index in [2.05, 4.69) is 10.3 Å². The Labute approximate surface area is 139 Å². The Morgan fingerprint density at radius 2 is 1.96 bits per heavy atom. The molecule has 2 N–H and O–H groups in total. The van der Waals surface area contributed by atoms with E-state index >= 15 is 0 Å². The molecule has 1 heterocycles. The number of sulfonamides is 1. The van der Waals surface area contributed by atoms with Crippen molar-refractivity contribution in [1.82, 2.24) is 9.29 Å². The van der Waals surface area contributed by atoms with Gasteiger partial charge in [0.15, 0.2) is 6.61 Å². The van der Waals surface area contributed by atoms with Gasteiger partial charge in [0, 0.05) is 26.0 Å². The highest BCUT2D eigenvalue weighted by molar-refractivity contribution is 7.89. The maximum atomic E-state index is 12.1.